The second kappa shape index (κ2) is 8.62. The largest absolute Gasteiger partial charge is 0.438 e. The van der Waals surface area contributed by atoms with E-state index in [9.17, 15) is 4.79 Å². The van der Waals surface area contributed by atoms with Crippen LogP contribution in [0.2, 0.25) is 0 Å². The van der Waals surface area contributed by atoms with Crippen LogP contribution in [0.15, 0.2) is 22.6 Å². The minimum atomic E-state index is -0.486. The molecule has 1 aromatic heterocycles. The van der Waals surface area contributed by atoms with E-state index in [0.29, 0.717) is 35.9 Å². The van der Waals surface area contributed by atoms with Gasteiger partial charge in [-0.25, -0.2) is 4.98 Å². The smallest absolute Gasteiger partial charge is 0.233 e. The number of carbonyl (C=O) groups is 1. The van der Waals surface area contributed by atoms with Crippen molar-refractivity contribution in [1.29, 1.82) is 0 Å². The van der Waals surface area contributed by atoms with E-state index in [0.717, 1.165) is 25.9 Å². The molecule has 7 nitrogen and oxygen atoms in total. The van der Waals surface area contributed by atoms with Gasteiger partial charge in [0.25, 0.3) is 0 Å². The molecule has 8 heteroatoms. The number of hydrogen-bond donors (Lipinski definition) is 2. The Hall–Kier alpha value is -1.67. The maximum atomic E-state index is 12.8. The van der Waals surface area contributed by atoms with Crippen LogP contribution in [-0.4, -0.2) is 44.8 Å². The van der Waals surface area contributed by atoms with Crippen molar-refractivity contribution in [3.8, 4) is 0 Å². The van der Waals surface area contributed by atoms with Gasteiger partial charge >= 0.3 is 0 Å². The number of methoxy groups -OCH3 is 2. The second-order valence-electron chi connectivity index (χ2n) is 6.14. The first kappa shape index (κ1) is 19.7. The maximum Gasteiger partial charge on any atom is 0.233 e. The molecule has 1 aliphatic heterocycles. The molecule has 2 N–H and O–H groups in total. The molecule has 1 fully saturated rings. The lowest BCUT2D eigenvalue weighted by Crippen LogP contribution is -2.47. The molecule has 0 spiro atoms. The van der Waals surface area contributed by atoms with Crippen LogP contribution in [0.25, 0.3) is 11.1 Å². The lowest BCUT2D eigenvalue weighted by molar-refractivity contribution is -0.130. The van der Waals surface area contributed by atoms with Crippen molar-refractivity contribution >= 4 is 35.1 Å². The van der Waals surface area contributed by atoms with Gasteiger partial charge in [0, 0.05) is 19.9 Å². The topological polar surface area (TPSA) is 85.6 Å². The molecule has 138 valence electrons. The van der Waals surface area contributed by atoms with Crippen molar-refractivity contribution in [2.24, 2.45) is 5.41 Å². The van der Waals surface area contributed by atoms with Crippen LogP contribution in [0, 0.1) is 5.41 Å². The highest BCUT2D eigenvalue weighted by Gasteiger charge is 2.39. The fraction of sp³-hybridized carbons (Fsp3) is 0.529. The molecule has 2 aromatic rings. The highest BCUT2D eigenvalue weighted by molar-refractivity contribution is 5.97. The Morgan fingerprint density at radius 1 is 1.32 bits per heavy atom. The van der Waals surface area contributed by atoms with Gasteiger partial charge in [-0.1, -0.05) is 0 Å². The van der Waals surface area contributed by atoms with Crippen molar-refractivity contribution in [1.82, 2.24) is 10.3 Å². The molecule has 0 atom stereocenters. The Bertz CT molecular complexity index is 707. The quantitative estimate of drug-likeness (QED) is 0.813. The van der Waals surface area contributed by atoms with Gasteiger partial charge in [0.05, 0.1) is 12.0 Å². The zero-order valence-corrected chi connectivity index (χ0v) is 15.3. The maximum absolute atomic E-state index is 12.8. The number of fused-ring (bicyclic) bond motifs is 1. The number of amides is 1. The summed E-state index contributed by atoms with van der Waals surface area (Å²) >= 11 is 0. The highest BCUT2D eigenvalue weighted by Crippen LogP contribution is 2.31. The number of halogens is 1. The standard InChI is InChI=1S/C17H23N3O4.ClH/c1-22-10-15-20-13-9-12(3-4-14(13)24-15)19-16(21)17(11-23-2)5-7-18-8-6-17;/h3-4,9,18H,5-8,10-11H2,1-2H3,(H,19,21);1H. The van der Waals surface area contributed by atoms with Gasteiger partial charge < -0.3 is 24.5 Å². The van der Waals surface area contributed by atoms with Crippen LogP contribution in [-0.2, 0) is 20.9 Å². The SMILES string of the molecule is COCc1nc2cc(NC(=O)C3(COC)CCNCC3)ccc2o1.Cl. The van der Waals surface area contributed by atoms with Crippen molar-refractivity contribution in [2.45, 2.75) is 19.4 Å². The summed E-state index contributed by atoms with van der Waals surface area (Å²) in [7, 11) is 3.23. The zero-order chi connectivity index (χ0) is 17.0. The van der Waals surface area contributed by atoms with Crippen LogP contribution >= 0.6 is 12.4 Å². The number of carbonyl (C=O) groups excluding carboxylic acids is 1. The van der Waals surface area contributed by atoms with Crippen LogP contribution in [0.1, 0.15) is 18.7 Å². The summed E-state index contributed by atoms with van der Waals surface area (Å²) in [5.41, 5.74) is 1.60. The summed E-state index contributed by atoms with van der Waals surface area (Å²) in [6.45, 7) is 2.38. The van der Waals surface area contributed by atoms with Crippen LogP contribution in [0.4, 0.5) is 5.69 Å². The molecule has 1 amide bonds. The van der Waals surface area contributed by atoms with Crippen molar-refractivity contribution in [2.75, 3.05) is 39.2 Å². The Balaban J connectivity index is 0.00000225. The number of piperidine rings is 1. The minimum absolute atomic E-state index is 0. The Labute approximate surface area is 152 Å². The molecule has 0 aliphatic carbocycles. The summed E-state index contributed by atoms with van der Waals surface area (Å²) in [6, 6.07) is 5.45. The monoisotopic (exact) mass is 369 g/mol. The number of rotatable bonds is 6. The van der Waals surface area contributed by atoms with E-state index in [-0.39, 0.29) is 18.3 Å². The fourth-order valence-electron chi connectivity index (χ4n) is 3.12. The van der Waals surface area contributed by atoms with Gasteiger partial charge in [-0.3, -0.25) is 4.79 Å². The van der Waals surface area contributed by atoms with Crippen molar-refractivity contribution < 1.29 is 18.7 Å². The number of aromatic nitrogens is 1. The second-order valence-corrected chi connectivity index (χ2v) is 6.14. The normalized spacial score (nSPS) is 16.4. The van der Waals surface area contributed by atoms with Crippen LogP contribution < -0.4 is 10.6 Å². The minimum Gasteiger partial charge on any atom is -0.438 e. The number of nitrogens with one attached hydrogen (secondary N) is 2. The van der Waals surface area contributed by atoms with E-state index in [1.807, 2.05) is 18.2 Å². The lowest BCUT2D eigenvalue weighted by Gasteiger charge is -2.35. The van der Waals surface area contributed by atoms with Crippen LogP contribution in [0.5, 0.6) is 0 Å². The molecule has 1 aromatic carbocycles. The first-order valence-electron chi connectivity index (χ1n) is 8.06. The predicted octanol–water partition coefficient (Wildman–Crippen LogP) is 2.35. The van der Waals surface area contributed by atoms with Gasteiger partial charge in [0.2, 0.25) is 11.8 Å². The summed E-state index contributed by atoms with van der Waals surface area (Å²) in [5, 5.41) is 6.30. The first-order valence-corrected chi connectivity index (χ1v) is 8.06. The Kier molecular flexibility index (Phi) is 6.78. The summed E-state index contributed by atoms with van der Waals surface area (Å²) in [6.07, 6.45) is 1.52. The average Bonchev–Trinajstić information content (AvgIpc) is 2.98. The van der Waals surface area contributed by atoms with Gasteiger partial charge in [0.15, 0.2) is 5.58 Å². The molecule has 0 radical (unpaired) electrons. The van der Waals surface area contributed by atoms with Crippen molar-refractivity contribution in [3.63, 3.8) is 0 Å². The molecule has 1 saturated heterocycles. The molecular weight excluding hydrogens is 346 g/mol. The molecule has 3 rings (SSSR count). The molecule has 2 heterocycles. The lowest BCUT2D eigenvalue weighted by atomic mass is 9.78. The number of benzene rings is 1. The number of ether oxygens (including phenoxy) is 2. The Morgan fingerprint density at radius 2 is 2.08 bits per heavy atom. The molecule has 1 aliphatic rings. The van der Waals surface area contributed by atoms with E-state index < -0.39 is 5.41 Å². The molecule has 0 bridgehead atoms. The van der Waals surface area contributed by atoms with Crippen LogP contribution in [0.3, 0.4) is 0 Å². The average molecular weight is 370 g/mol. The summed E-state index contributed by atoms with van der Waals surface area (Å²) in [4.78, 5) is 17.2. The third kappa shape index (κ3) is 4.30. The number of nitrogens with zero attached hydrogens (tertiary/aromatic N) is 1. The summed E-state index contributed by atoms with van der Waals surface area (Å²) < 4.78 is 15.9. The number of hydrogen-bond acceptors (Lipinski definition) is 6. The van der Waals surface area contributed by atoms with E-state index in [2.05, 4.69) is 15.6 Å². The molecule has 25 heavy (non-hydrogen) atoms. The van der Waals surface area contributed by atoms with E-state index >= 15 is 0 Å². The Morgan fingerprint density at radius 3 is 2.76 bits per heavy atom. The summed E-state index contributed by atoms with van der Waals surface area (Å²) in [5.74, 6) is 0.510. The molecular formula is C17H24ClN3O4. The third-order valence-electron chi connectivity index (χ3n) is 4.42. The van der Waals surface area contributed by atoms with Gasteiger partial charge in [-0.05, 0) is 44.1 Å². The van der Waals surface area contributed by atoms with Gasteiger partial charge in [-0.15, -0.1) is 12.4 Å². The molecule has 0 saturated carbocycles. The van der Waals surface area contributed by atoms with E-state index in [4.69, 9.17) is 13.9 Å². The van der Waals surface area contributed by atoms with Gasteiger partial charge in [0.1, 0.15) is 12.1 Å². The van der Waals surface area contributed by atoms with Crippen molar-refractivity contribution in [3.05, 3.63) is 24.1 Å². The third-order valence-corrected chi connectivity index (χ3v) is 4.42. The van der Waals surface area contributed by atoms with E-state index in [1.165, 1.54) is 0 Å². The zero-order valence-electron chi connectivity index (χ0n) is 14.5. The highest BCUT2D eigenvalue weighted by atomic mass is 35.5. The predicted molar refractivity (Wildman–Crippen MR) is 97.0 cm³/mol. The molecule has 0 unspecified atom stereocenters. The van der Waals surface area contributed by atoms with Gasteiger partial charge in [-0.2, -0.15) is 0 Å². The number of anilines is 1. The van der Waals surface area contributed by atoms with E-state index in [1.54, 1.807) is 14.2 Å². The first-order chi connectivity index (χ1) is 11.7. The fourth-order valence-corrected chi connectivity index (χ4v) is 3.12. The number of oxazole rings is 1.